The number of aromatic nitrogens is 6. The fourth-order valence-electron chi connectivity index (χ4n) is 3.53. The number of fused-ring (bicyclic) bond motifs is 1. The minimum absolute atomic E-state index is 0.105. The second-order valence-corrected chi connectivity index (χ2v) is 6.85. The Morgan fingerprint density at radius 1 is 1.00 bits per heavy atom. The molecule has 9 nitrogen and oxygen atoms in total. The molecular weight excluding hydrogens is 368 g/mol. The molecule has 9 heteroatoms. The van der Waals surface area contributed by atoms with Gasteiger partial charge < -0.3 is 5.73 Å². The van der Waals surface area contributed by atoms with Gasteiger partial charge in [-0.1, -0.05) is 41.6 Å². The molecule has 0 atom stereocenters. The third-order valence-corrected chi connectivity index (χ3v) is 4.88. The zero-order chi connectivity index (χ0) is 19.8. The first kappa shape index (κ1) is 17.2. The van der Waals surface area contributed by atoms with Gasteiger partial charge in [-0.15, -0.1) is 5.10 Å². The summed E-state index contributed by atoms with van der Waals surface area (Å²) in [6.45, 7) is 1.06. The van der Waals surface area contributed by atoms with Crippen LogP contribution in [0.25, 0.3) is 22.4 Å². The van der Waals surface area contributed by atoms with Gasteiger partial charge in [0.2, 0.25) is 11.9 Å². The van der Waals surface area contributed by atoms with Gasteiger partial charge in [0.15, 0.2) is 11.2 Å². The molecule has 1 aliphatic heterocycles. The molecule has 0 unspecified atom stereocenters. The molecule has 0 aliphatic carbocycles. The summed E-state index contributed by atoms with van der Waals surface area (Å²) in [6, 6.07) is 15.3. The van der Waals surface area contributed by atoms with E-state index in [0.717, 1.165) is 17.7 Å². The molecule has 2 N–H and O–H groups in total. The Hall–Kier alpha value is -3.88. The Kier molecular flexibility index (Phi) is 4.12. The molecule has 0 saturated carbocycles. The van der Waals surface area contributed by atoms with Crippen LogP contribution in [0.3, 0.4) is 0 Å². The quantitative estimate of drug-likeness (QED) is 0.570. The number of nitrogens with two attached hydrogens (primary N) is 1. The Balaban J connectivity index is 1.52. The van der Waals surface area contributed by atoms with Crippen molar-refractivity contribution in [2.24, 2.45) is 0 Å². The van der Waals surface area contributed by atoms with E-state index in [4.69, 9.17) is 5.73 Å². The standard InChI is InChI=1S/C20H18N8O/c21-20-23-17(13-6-2-1-3-7-13)18-19(24-20)28(26-25-18)12-14-8-4-9-15(22-14)27-11-5-10-16(27)29/h1-4,6-9H,5,10-12H2,(H2,21,23,24). The highest BCUT2D eigenvalue weighted by Crippen LogP contribution is 2.25. The van der Waals surface area contributed by atoms with Crippen LogP contribution in [0.15, 0.2) is 48.5 Å². The normalized spacial score (nSPS) is 14.1. The third kappa shape index (κ3) is 3.16. The van der Waals surface area contributed by atoms with Crippen LogP contribution in [-0.4, -0.2) is 42.4 Å². The maximum atomic E-state index is 12.0. The van der Waals surface area contributed by atoms with Gasteiger partial charge in [-0.2, -0.15) is 4.98 Å². The smallest absolute Gasteiger partial charge is 0.228 e. The van der Waals surface area contributed by atoms with E-state index in [1.807, 2.05) is 48.5 Å². The van der Waals surface area contributed by atoms with E-state index in [1.54, 1.807) is 9.58 Å². The van der Waals surface area contributed by atoms with Gasteiger partial charge >= 0.3 is 0 Å². The molecule has 1 amide bonds. The molecule has 144 valence electrons. The highest BCUT2D eigenvalue weighted by molar-refractivity contribution is 5.94. The first-order valence-electron chi connectivity index (χ1n) is 9.37. The highest BCUT2D eigenvalue weighted by atomic mass is 16.2. The number of nitrogen functional groups attached to an aromatic ring is 1. The van der Waals surface area contributed by atoms with Crippen molar-refractivity contribution in [2.45, 2.75) is 19.4 Å². The monoisotopic (exact) mass is 386 g/mol. The second-order valence-electron chi connectivity index (χ2n) is 6.85. The number of hydrogen-bond donors (Lipinski definition) is 1. The second kappa shape index (κ2) is 6.93. The molecule has 0 spiro atoms. The number of hydrogen-bond acceptors (Lipinski definition) is 7. The Labute approximate surface area is 166 Å². The van der Waals surface area contributed by atoms with Gasteiger partial charge in [0.1, 0.15) is 11.5 Å². The molecule has 3 aromatic heterocycles. The van der Waals surface area contributed by atoms with Crippen LogP contribution < -0.4 is 10.6 Å². The first-order chi connectivity index (χ1) is 14.2. The Bertz CT molecular complexity index is 1200. The largest absolute Gasteiger partial charge is 0.368 e. The lowest BCUT2D eigenvalue weighted by atomic mass is 10.1. The molecule has 5 rings (SSSR count). The van der Waals surface area contributed by atoms with Crippen molar-refractivity contribution in [1.29, 1.82) is 0 Å². The number of rotatable bonds is 4. The zero-order valence-electron chi connectivity index (χ0n) is 15.6. The van der Waals surface area contributed by atoms with Crippen molar-refractivity contribution in [2.75, 3.05) is 17.2 Å². The third-order valence-electron chi connectivity index (χ3n) is 4.88. The van der Waals surface area contributed by atoms with E-state index in [9.17, 15) is 4.79 Å². The van der Waals surface area contributed by atoms with Crippen molar-refractivity contribution in [3.05, 3.63) is 54.2 Å². The molecule has 29 heavy (non-hydrogen) atoms. The number of benzene rings is 1. The molecule has 1 saturated heterocycles. The van der Waals surface area contributed by atoms with Gasteiger partial charge in [0.25, 0.3) is 0 Å². The molecule has 1 aliphatic rings. The maximum Gasteiger partial charge on any atom is 0.228 e. The highest BCUT2D eigenvalue weighted by Gasteiger charge is 2.23. The summed E-state index contributed by atoms with van der Waals surface area (Å²) < 4.78 is 1.65. The molecular formula is C20H18N8O. The van der Waals surface area contributed by atoms with E-state index in [2.05, 4.69) is 25.3 Å². The van der Waals surface area contributed by atoms with Gasteiger partial charge in [-0.3, -0.25) is 9.69 Å². The SMILES string of the molecule is Nc1nc(-c2ccccc2)c2nnn(Cc3cccc(N4CCCC4=O)n3)c2n1. The summed E-state index contributed by atoms with van der Waals surface area (Å²) in [5, 5.41) is 8.53. The fourth-order valence-corrected chi connectivity index (χ4v) is 3.53. The van der Waals surface area contributed by atoms with Gasteiger partial charge in [0.05, 0.1) is 12.2 Å². The van der Waals surface area contributed by atoms with Crippen molar-refractivity contribution in [1.82, 2.24) is 29.9 Å². The molecule has 4 heterocycles. The zero-order valence-corrected chi connectivity index (χ0v) is 15.6. The van der Waals surface area contributed by atoms with Gasteiger partial charge in [-0.05, 0) is 18.6 Å². The summed E-state index contributed by atoms with van der Waals surface area (Å²) in [5.41, 5.74) is 9.37. The molecule has 0 radical (unpaired) electrons. The van der Waals surface area contributed by atoms with E-state index >= 15 is 0 Å². The molecule has 1 aromatic carbocycles. The lowest BCUT2D eigenvalue weighted by Gasteiger charge is -2.15. The van der Waals surface area contributed by atoms with Crippen LogP contribution in [0.2, 0.25) is 0 Å². The average molecular weight is 386 g/mol. The van der Waals surface area contributed by atoms with Crippen LogP contribution >= 0.6 is 0 Å². The van der Waals surface area contributed by atoms with E-state index in [1.165, 1.54) is 0 Å². The topological polar surface area (TPSA) is 116 Å². The van der Waals surface area contributed by atoms with Crippen molar-refractivity contribution < 1.29 is 4.79 Å². The van der Waals surface area contributed by atoms with Gasteiger partial charge in [-0.25, -0.2) is 14.6 Å². The number of amides is 1. The van der Waals surface area contributed by atoms with Crippen molar-refractivity contribution >= 4 is 28.8 Å². The molecule has 0 bridgehead atoms. The van der Waals surface area contributed by atoms with Crippen LogP contribution in [0.4, 0.5) is 11.8 Å². The first-order valence-corrected chi connectivity index (χ1v) is 9.37. The number of nitrogens with zero attached hydrogens (tertiary/aromatic N) is 7. The van der Waals surface area contributed by atoms with Crippen molar-refractivity contribution in [3.8, 4) is 11.3 Å². The van der Waals surface area contributed by atoms with Crippen LogP contribution in [0.5, 0.6) is 0 Å². The van der Waals surface area contributed by atoms with E-state index in [-0.39, 0.29) is 11.9 Å². The summed E-state index contributed by atoms with van der Waals surface area (Å²) >= 11 is 0. The van der Waals surface area contributed by atoms with Crippen LogP contribution in [0, 0.1) is 0 Å². The number of pyridine rings is 1. The lowest BCUT2D eigenvalue weighted by Crippen LogP contribution is -2.25. The number of carbonyl (C=O) groups is 1. The van der Waals surface area contributed by atoms with E-state index < -0.39 is 0 Å². The summed E-state index contributed by atoms with van der Waals surface area (Å²) in [5.74, 6) is 0.923. The summed E-state index contributed by atoms with van der Waals surface area (Å²) in [4.78, 5) is 27.1. The summed E-state index contributed by atoms with van der Waals surface area (Å²) in [7, 11) is 0. The van der Waals surface area contributed by atoms with Gasteiger partial charge in [0, 0.05) is 18.5 Å². The minimum Gasteiger partial charge on any atom is -0.368 e. The molecule has 4 aromatic rings. The van der Waals surface area contributed by atoms with Crippen LogP contribution in [-0.2, 0) is 11.3 Å². The van der Waals surface area contributed by atoms with Crippen molar-refractivity contribution in [3.63, 3.8) is 0 Å². The van der Waals surface area contributed by atoms with Crippen LogP contribution in [0.1, 0.15) is 18.5 Å². The maximum absolute atomic E-state index is 12.0. The average Bonchev–Trinajstić information content (AvgIpc) is 3.35. The predicted molar refractivity (Wildman–Crippen MR) is 108 cm³/mol. The minimum atomic E-state index is 0.105. The fraction of sp³-hybridized carbons (Fsp3) is 0.200. The Morgan fingerprint density at radius 3 is 2.66 bits per heavy atom. The van der Waals surface area contributed by atoms with E-state index in [0.29, 0.717) is 42.2 Å². The summed E-state index contributed by atoms with van der Waals surface area (Å²) in [6.07, 6.45) is 1.43. The predicted octanol–water partition coefficient (Wildman–Crippen LogP) is 2.04. The molecule has 1 fully saturated rings. The number of anilines is 2. The lowest BCUT2D eigenvalue weighted by molar-refractivity contribution is -0.117. The number of carbonyl (C=O) groups excluding carboxylic acids is 1. The Morgan fingerprint density at radius 2 is 1.86 bits per heavy atom.